The van der Waals surface area contributed by atoms with E-state index in [0.717, 1.165) is 17.0 Å². The van der Waals surface area contributed by atoms with Crippen LogP contribution in [0.25, 0.3) is 0 Å². The molecule has 0 spiro atoms. The summed E-state index contributed by atoms with van der Waals surface area (Å²) in [5, 5.41) is 16.4. The Morgan fingerprint density at radius 1 is 1.38 bits per heavy atom. The molecule has 7 heteroatoms. The highest BCUT2D eigenvalue weighted by Crippen LogP contribution is 2.25. The second kappa shape index (κ2) is 7.05. The zero-order chi connectivity index (χ0) is 17.9. The van der Waals surface area contributed by atoms with Crippen LogP contribution in [-0.2, 0) is 10.2 Å². The van der Waals surface area contributed by atoms with Gasteiger partial charge in [-0.3, -0.25) is 10.1 Å². The number of aromatic nitrogens is 2. The fourth-order valence-corrected chi connectivity index (χ4v) is 2.94. The minimum absolute atomic E-state index is 0.135. The third kappa shape index (κ3) is 4.36. The lowest BCUT2D eigenvalue weighted by Gasteiger charge is -2.12. The first-order valence-electron chi connectivity index (χ1n) is 7.49. The largest absolute Gasteiger partial charge is 0.338 e. The van der Waals surface area contributed by atoms with Crippen molar-refractivity contribution in [3.05, 3.63) is 34.6 Å². The number of thioether (sulfide) groups is 1. The van der Waals surface area contributed by atoms with E-state index in [1.807, 2.05) is 40.7 Å². The minimum Gasteiger partial charge on any atom is -0.338 e. The lowest BCUT2D eigenvalue weighted by atomic mass is 9.92. The molecule has 0 atom stereocenters. The minimum atomic E-state index is -0.235. The zero-order valence-electron chi connectivity index (χ0n) is 14.4. The van der Waals surface area contributed by atoms with Gasteiger partial charge < -0.3 is 4.52 Å². The van der Waals surface area contributed by atoms with Gasteiger partial charge in [0.15, 0.2) is 0 Å². The van der Waals surface area contributed by atoms with E-state index in [0.29, 0.717) is 16.5 Å². The summed E-state index contributed by atoms with van der Waals surface area (Å²) in [6, 6.07) is 5.71. The monoisotopic (exact) mass is 344 g/mol. The molecular weight excluding hydrogens is 324 g/mol. The van der Waals surface area contributed by atoms with E-state index in [2.05, 4.69) is 21.5 Å². The van der Waals surface area contributed by atoms with Crippen molar-refractivity contribution in [2.75, 3.05) is 11.1 Å². The molecule has 0 saturated heterocycles. The standard InChI is InChI=1S/C17H20N4O2S/c1-10-6-11(2)19-16(12(10)8-18)24-9-14(22)20-15-7-13(21-23-15)17(3,4)5/h6-7H,9H2,1-5H3,(H,20,22). The van der Waals surface area contributed by atoms with E-state index >= 15 is 0 Å². The highest BCUT2D eigenvalue weighted by molar-refractivity contribution is 8.00. The average Bonchev–Trinajstić information content (AvgIpc) is 2.93. The molecule has 0 radical (unpaired) electrons. The lowest BCUT2D eigenvalue weighted by molar-refractivity contribution is -0.113. The Kier molecular flexibility index (Phi) is 5.30. The summed E-state index contributed by atoms with van der Waals surface area (Å²) in [4.78, 5) is 16.4. The first kappa shape index (κ1) is 18.0. The molecule has 0 aromatic carbocycles. The number of amides is 1. The van der Waals surface area contributed by atoms with Gasteiger partial charge in [0.1, 0.15) is 11.1 Å². The van der Waals surface area contributed by atoms with E-state index in [1.54, 1.807) is 6.07 Å². The summed E-state index contributed by atoms with van der Waals surface area (Å²) in [7, 11) is 0. The second-order valence-electron chi connectivity index (χ2n) is 6.54. The smallest absolute Gasteiger partial charge is 0.237 e. The molecule has 0 unspecified atom stereocenters. The van der Waals surface area contributed by atoms with Crippen LogP contribution >= 0.6 is 11.8 Å². The Morgan fingerprint density at radius 2 is 2.08 bits per heavy atom. The molecule has 0 aliphatic heterocycles. The normalized spacial score (nSPS) is 11.2. The van der Waals surface area contributed by atoms with E-state index in [-0.39, 0.29) is 17.1 Å². The summed E-state index contributed by atoms with van der Waals surface area (Å²) >= 11 is 1.23. The Labute approximate surface area is 145 Å². The fourth-order valence-electron chi connectivity index (χ4n) is 2.04. The Bertz CT molecular complexity index is 800. The summed E-state index contributed by atoms with van der Waals surface area (Å²) < 4.78 is 5.14. The molecule has 126 valence electrons. The number of rotatable bonds is 4. The number of hydrogen-bond acceptors (Lipinski definition) is 6. The second-order valence-corrected chi connectivity index (χ2v) is 7.50. The van der Waals surface area contributed by atoms with Crippen molar-refractivity contribution in [2.45, 2.75) is 45.1 Å². The molecule has 2 rings (SSSR count). The average molecular weight is 344 g/mol. The number of hydrogen-bond donors (Lipinski definition) is 1. The quantitative estimate of drug-likeness (QED) is 0.852. The Hall–Kier alpha value is -2.33. The highest BCUT2D eigenvalue weighted by Gasteiger charge is 2.20. The van der Waals surface area contributed by atoms with Gasteiger partial charge in [-0.05, 0) is 25.5 Å². The maximum Gasteiger partial charge on any atom is 0.237 e. The van der Waals surface area contributed by atoms with Gasteiger partial charge in [-0.15, -0.1) is 0 Å². The maximum absolute atomic E-state index is 12.1. The van der Waals surface area contributed by atoms with Gasteiger partial charge in [0.05, 0.1) is 17.0 Å². The first-order chi connectivity index (χ1) is 11.2. The van der Waals surface area contributed by atoms with Crippen molar-refractivity contribution in [1.82, 2.24) is 10.1 Å². The number of anilines is 1. The first-order valence-corrected chi connectivity index (χ1v) is 8.47. The molecule has 0 aliphatic carbocycles. The molecule has 1 N–H and O–H groups in total. The van der Waals surface area contributed by atoms with Crippen LogP contribution in [0.3, 0.4) is 0 Å². The van der Waals surface area contributed by atoms with Gasteiger partial charge in [-0.2, -0.15) is 5.26 Å². The molecule has 0 bridgehead atoms. The SMILES string of the molecule is Cc1cc(C)c(C#N)c(SCC(=O)Nc2cc(C(C)(C)C)no2)n1. The van der Waals surface area contributed by atoms with Crippen LogP contribution in [0.4, 0.5) is 5.88 Å². The molecule has 1 amide bonds. The van der Waals surface area contributed by atoms with Crippen LogP contribution in [0, 0.1) is 25.2 Å². The molecule has 0 saturated carbocycles. The topological polar surface area (TPSA) is 91.8 Å². The summed E-state index contributed by atoms with van der Waals surface area (Å²) in [5.41, 5.74) is 2.81. The molecule has 6 nitrogen and oxygen atoms in total. The maximum atomic E-state index is 12.1. The van der Waals surface area contributed by atoms with Crippen LogP contribution in [0.1, 0.15) is 43.3 Å². The van der Waals surface area contributed by atoms with Crippen molar-refractivity contribution < 1.29 is 9.32 Å². The number of carbonyl (C=O) groups excluding carboxylic acids is 1. The van der Waals surface area contributed by atoms with Crippen molar-refractivity contribution in [1.29, 1.82) is 5.26 Å². The Balaban J connectivity index is 2.02. The third-order valence-corrected chi connectivity index (χ3v) is 4.28. The van der Waals surface area contributed by atoms with Gasteiger partial charge in [0.2, 0.25) is 11.8 Å². The predicted octanol–water partition coefficient (Wildman–Crippen LogP) is 3.59. The Morgan fingerprint density at radius 3 is 2.67 bits per heavy atom. The summed E-state index contributed by atoms with van der Waals surface area (Å²) in [5.74, 6) is 0.219. The highest BCUT2D eigenvalue weighted by atomic mass is 32.2. The van der Waals surface area contributed by atoms with Gasteiger partial charge in [-0.1, -0.05) is 37.7 Å². The number of nitriles is 1. The predicted molar refractivity (Wildman–Crippen MR) is 93.0 cm³/mol. The van der Waals surface area contributed by atoms with Crippen LogP contribution < -0.4 is 5.32 Å². The fraction of sp³-hybridized carbons (Fsp3) is 0.412. The van der Waals surface area contributed by atoms with Crippen LogP contribution in [-0.4, -0.2) is 21.8 Å². The molecule has 2 aromatic heterocycles. The zero-order valence-corrected chi connectivity index (χ0v) is 15.2. The lowest BCUT2D eigenvalue weighted by Crippen LogP contribution is -2.14. The molecule has 2 heterocycles. The van der Waals surface area contributed by atoms with Crippen LogP contribution in [0.15, 0.2) is 21.7 Å². The van der Waals surface area contributed by atoms with E-state index in [9.17, 15) is 10.1 Å². The molecule has 24 heavy (non-hydrogen) atoms. The van der Waals surface area contributed by atoms with Gasteiger partial charge >= 0.3 is 0 Å². The van der Waals surface area contributed by atoms with E-state index < -0.39 is 0 Å². The number of carbonyl (C=O) groups is 1. The summed E-state index contributed by atoms with van der Waals surface area (Å²) in [6.45, 7) is 9.77. The third-order valence-electron chi connectivity index (χ3n) is 3.30. The van der Waals surface area contributed by atoms with Crippen molar-refractivity contribution in [3.8, 4) is 6.07 Å². The molecule has 0 aliphatic rings. The van der Waals surface area contributed by atoms with Crippen LogP contribution in [0.2, 0.25) is 0 Å². The number of nitrogens with one attached hydrogen (secondary N) is 1. The van der Waals surface area contributed by atoms with E-state index in [4.69, 9.17) is 4.52 Å². The van der Waals surface area contributed by atoms with Crippen LogP contribution in [0.5, 0.6) is 0 Å². The number of aryl methyl sites for hydroxylation is 2. The van der Waals surface area contributed by atoms with Gasteiger partial charge in [-0.25, -0.2) is 4.98 Å². The van der Waals surface area contributed by atoms with Gasteiger partial charge in [0.25, 0.3) is 0 Å². The van der Waals surface area contributed by atoms with E-state index in [1.165, 1.54) is 11.8 Å². The number of pyridine rings is 1. The molecule has 0 fully saturated rings. The van der Waals surface area contributed by atoms with Gasteiger partial charge in [0, 0.05) is 17.2 Å². The van der Waals surface area contributed by atoms with Crippen molar-refractivity contribution >= 4 is 23.6 Å². The number of nitrogens with zero attached hydrogens (tertiary/aromatic N) is 3. The molecular formula is C17H20N4O2S. The molecule has 2 aromatic rings. The van der Waals surface area contributed by atoms with Crippen molar-refractivity contribution in [3.63, 3.8) is 0 Å². The van der Waals surface area contributed by atoms with Crippen molar-refractivity contribution in [2.24, 2.45) is 0 Å². The summed E-state index contributed by atoms with van der Waals surface area (Å²) in [6.07, 6.45) is 0.